The Balaban J connectivity index is 2.46. The van der Waals surface area contributed by atoms with Crippen molar-refractivity contribution in [3.8, 4) is 0 Å². The van der Waals surface area contributed by atoms with Crippen LogP contribution in [0.3, 0.4) is 0 Å². The molecule has 5 heteroatoms. The summed E-state index contributed by atoms with van der Waals surface area (Å²) < 4.78 is 0. The van der Waals surface area contributed by atoms with Crippen LogP contribution in [0.1, 0.15) is 38.7 Å². The lowest BCUT2D eigenvalue weighted by Crippen LogP contribution is -2.52. The van der Waals surface area contributed by atoms with Crippen molar-refractivity contribution in [2.75, 3.05) is 0 Å². The Morgan fingerprint density at radius 3 is 2.45 bits per heavy atom. The smallest absolute Gasteiger partial charge is 0.248 e. The van der Waals surface area contributed by atoms with E-state index in [0.717, 1.165) is 0 Å². The van der Waals surface area contributed by atoms with Gasteiger partial charge in [-0.25, -0.2) is 0 Å². The predicted octanol–water partition coefficient (Wildman–Crippen LogP) is 2.30. The van der Waals surface area contributed by atoms with E-state index in [1.165, 1.54) is 6.92 Å². The fourth-order valence-corrected chi connectivity index (χ4v) is 3.16. The summed E-state index contributed by atoms with van der Waals surface area (Å²) in [6.07, 6.45) is 0.528. The highest BCUT2D eigenvalue weighted by Crippen LogP contribution is 2.46. The zero-order chi connectivity index (χ0) is 15.0. The van der Waals surface area contributed by atoms with Crippen molar-refractivity contribution in [3.05, 3.63) is 46.0 Å². The van der Waals surface area contributed by atoms with Crippen molar-refractivity contribution >= 4 is 5.78 Å². The highest BCUT2D eigenvalue weighted by Gasteiger charge is 2.55. The van der Waals surface area contributed by atoms with Crippen LogP contribution in [0.2, 0.25) is 0 Å². The van der Waals surface area contributed by atoms with Gasteiger partial charge in [-0.1, -0.05) is 30.3 Å². The Morgan fingerprint density at radius 1 is 1.35 bits per heavy atom. The van der Waals surface area contributed by atoms with Crippen LogP contribution in [0.5, 0.6) is 0 Å². The molecule has 0 spiro atoms. The highest BCUT2D eigenvalue weighted by molar-refractivity contribution is 5.79. The van der Waals surface area contributed by atoms with E-state index < -0.39 is 17.1 Å². The molecule has 0 aliphatic heterocycles. The van der Waals surface area contributed by atoms with Gasteiger partial charge in [-0.15, -0.1) is 0 Å². The summed E-state index contributed by atoms with van der Waals surface area (Å²) in [5.41, 5.74) is -1.84. The molecule has 5 nitrogen and oxygen atoms in total. The average Bonchev–Trinajstić information content (AvgIpc) is 2.39. The maximum absolute atomic E-state index is 11.8. The van der Waals surface area contributed by atoms with E-state index in [1.807, 2.05) is 0 Å². The molecule has 0 aromatic heterocycles. The van der Waals surface area contributed by atoms with E-state index in [9.17, 15) is 20.0 Å². The van der Waals surface area contributed by atoms with E-state index in [2.05, 4.69) is 0 Å². The predicted molar refractivity (Wildman–Crippen MR) is 73.8 cm³/mol. The summed E-state index contributed by atoms with van der Waals surface area (Å²) in [6.45, 7) is 2.98. The summed E-state index contributed by atoms with van der Waals surface area (Å²) in [4.78, 5) is 23.1. The zero-order valence-electron chi connectivity index (χ0n) is 11.7. The normalized spacial score (nSPS) is 33.6. The molecule has 1 aromatic rings. The number of nitrogens with zero attached hydrogens (tertiary/aromatic N) is 1. The van der Waals surface area contributed by atoms with Crippen molar-refractivity contribution in [2.45, 2.75) is 44.2 Å². The summed E-state index contributed by atoms with van der Waals surface area (Å²) in [7, 11) is 0. The Morgan fingerprint density at radius 2 is 1.95 bits per heavy atom. The first-order valence-electron chi connectivity index (χ1n) is 6.72. The van der Waals surface area contributed by atoms with Crippen molar-refractivity contribution in [1.82, 2.24) is 0 Å². The molecule has 0 unspecified atom stereocenters. The molecule has 1 N–H and O–H groups in total. The average molecular weight is 277 g/mol. The molecule has 1 aliphatic carbocycles. The molecule has 1 saturated carbocycles. The minimum atomic E-state index is -1.28. The molecular weight excluding hydrogens is 258 g/mol. The molecule has 2 rings (SSSR count). The molecule has 0 radical (unpaired) electrons. The molecule has 1 aromatic carbocycles. The summed E-state index contributed by atoms with van der Waals surface area (Å²) in [5.74, 6) is -0.904. The van der Waals surface area contributed by atoms with E-state index in [0.29, 0.717) is 5.56 Å². The molecule has 0 bridgehead atoms. The molecule has 20 heavy (non-hydrogen) atoms. The first kappa shape index (κ1) is 14.7. The SMILES string of the molecule is CC(=O)[C@@H]1C[C@@](c2ccccc2)([N+](=O)[O-])CC[C@@]1(C)O. The standard InChI is InChI=1S/C15H19NO4/c1-11(17)13-10-15(16(19)20,9-8-14(13,2)18)12-6-4-3-5-7-12/h3-7,13,18H,8-10H2,1-2H3/t13-,14+,15-/m0/s1. The van der Waals surface area contributed by atoms with Crippen LogP contribution in [-0.2, 0) is 10.3 Å². The highest BCUT2D eigenvalue weighted by atomic mass is 16.6. The maximum atomic E-state index is 11.8. The lowest BCUT2D eigenvalue weighted by atomic mass is 9.65. The molecule has 108 valence electrons. The van der Waals surface area contributed by atoms with Gasteiger partial charge in [0.1, 0.15) is 5.78 Å². The molecule has 1 aliphatic rings. The van der Waals surface area contributed by atoms with Gasteiger partial charge in [0.15, 0.2) is 0 Å². The van der Waals surface area contributed by atoms with Gasteiger partial charge in [-0.05, 0) is 20.3 Å². The van der Waals surface area contributed by atoms with E-state index in [1.54, 1.807) is 37.3 Å². The summed E-state index contributed by atoms with van der Waals surface area (Å²) in [6, 6.07) is 8.77. The molecule has 0 heterocycles. The number of ketones is 1. The maximum Gasteiger partial charge on any atom is 0.248 e. The molecule has 0 amide bonds. The summed E-state index contributed by atoms with van der Waals surface area (Å²) in [5, 5.41) is 22.0. The first-order chi connectivity index (χ1) is 9.29. The minimum Gasteiger partial charge on any atom is -0.389 e. The zero-order valence-corrected chi connectivity index (χ0v) is 11.7. The van der Waals surface area contributed by atoms with Gasteiger partial charge in [-0.3, -0.25) is 14.9 Å². The number of benzene rings is 1. The van der Waals surface area contributed by atoms with Gasteiger partial charge in [0.05, 0.1) is 11.5 Å². The van der Waals surface area contributed by atoms with Crippen molar-refractivity contribution in [2.24, 2.45) is 5.92 Å². The number of aliphatic hydroxyl groups is 1. The minimum absolute atomic E-state index is 0.0480. The van der Waals surface area contributed by atoms with Crippen LogP contribution < -0.4 is 0 Å². The van der Waals surface area contributed by atoms with Gasteiger partial charge in [0.25, 0.3) is 0 Å². The second-order valence-electron chi connectivity index (χ2n) is 5.88. The lowest BCUT2D eigenvalue weighted by Gasteiger charge is -2.42. The van der Waals surface area contributed by atoms with Gasteiger partial charge < -0.3 is 5.11 Å². The number of nitro groups is 1. The lowest BCUT2D eigenvalue weighted by molar-refractivity contribution is -0.588. The second kappa shape index (κ2) is 4.98. The van der Waals surface area contributed by atoms with Crippen LogP contribution in [0.25, 0.3) is 0 Å². The second-order valence-corrected chi connectivity index (χ2v) is 5.88. The van der Waals surface area contributed by atoms with E-state index in [-0.39, 0.29) is 30.0 Å². The fraction of sp³-hybridized carbons (Fsp3) is 0.533. The van der Waals surface area contributed by atoms with Crippen LogP contribution in [0.15, 0.2) is 30.3 Å². The Bertz CT molecular complexity index is 526. The third-order valence-corrected chi connectivity index (χ3v) is 4.49. The summed E-state index contributed by atoms with van der Waals surface area (Å²) >= 11 is 0. The number of carbonyl (C=O) groups is 1. The number of rotatable bonds is 3. The quantitative estimate of drug-likeness (QED) is 0.679. The van der Waals surface area contributed by atoms with Gasteiger partial charge in [0, 0.05) is 23.3 Å². The largest absolute Gasteiger partial charge is 0.389 e. The van der Waals surface area contributed by atoms with Gasteiger partial charge in [0.2, 0.25) is 5.54 Å². The third-order valence-electron chi connectivity index (χ3n) is 4.49. The number of carbonyl (C=O) groups excluding carboxylic acids is 1. The Kier molecular flexibility index (Phi) is 3.65. The number of hydrogen-bond donors (Lipinski definition) is 1. The Labute approximate surface area is 117 Å². The van der Waals surface area contributed by atoms with Crippen LogP contribution in [0, 0.1) is 16.0 Å². The first-order valence-corrected chi connectivity index (χ1v) is 6.72. The monoisotopic (exact) mass is 277 g/mol. The van der Waals surface area contributed by atoms with Crippen molar-refractivity contribution in [3.63, 3.8) is 0 Å². The molecule has 1 fully saturated rings. The molecular formula is C15H19NO4. The van der Waals surface area contributed by atoms with Crippen LogP contribution in [0.4, 0.5) is 0 Å². The molecule has 0 saturated heterocycles. The number of Topliss-reactive ketones (excluding diaryl/α,β-unsaturated/α-hetero) is 1. The van der Waals surface area contributed by atoms with Crippen molar-refractivity contribution < 1.29 is 14.8 Å². The third kappa shape index (κ3) is 2.33. The van der Waals surface area contributed by atoms with Crippen LogP contribution >= 0.6 is 0 Å². The fourth-order valence-electron chi connectivity index (χ4n) is 3.16. The van der Waals surface area contributed by atoms with Crippen molar-refractivity contribution in [1.29, 1.82) is 0 Å². The van der Waals surface area contributed by atoms with Gasteiger partial charge in [-0.2, -0.15) is 0 Å². The van der Waals surface area contributed by atoms with E-state index in [4.69, 9.17) is 0 Å². The van der Waals surface area contributed by atoms with E-state index >= 15 is 0 Å². The van der Waals surface area contributed by atoms with Gasteiger partial charge >= 0.3 is 0 Å². The molecule has 3 atom stereocenters. The topological polar surface area (TPSA) is 80.4 Å². The Hall–Kier alpha value is -1.75. The van der Waals surface area contributed by atoms with Crippen LogP contribution in [-0.4, -0.2) is 21.4 Å². The number of hydrogen-bond acceptors (Lipinski definition) is 4.